The van der Waals surface area contributed by atoms with Gasteiger partial charge in [-0.05, 0) is 32.8 Å². The number of hydrogen-bond donors (Lipinski definition) is 1. The van der Waals surface area contributed by atoms with E-state index in [1.165, 1.54) is 6.92 Å². The van der Waals surface area contributed by atoms with E-state index in [2.05, 4.69) is 4.99 Å². The van der Waals surface area contributed by atoms with Crippen molar-refractivity contribution >= 4 is 17.9 Å². The number of aliphatic hydroxyl groups excluding tert-OH is 1. The summed E-state index contributed by atoms with van der Waals surface area (Å²) in [5.41, 5.74) is -1.16. The molecule has 0 atom stereocenters. The van der Waals surface area contributed by atoms with Gasteiger partial charge in [-0.15, -0.1) is 0 Å². The highest BCUT2D eigenvalue weighted by atomic mass is 19.2. The molecule has 1 aliphatic rings. The van der Waals surface area contributed by atoms with Crippen LogP contribution in [0.15, 0.2) is 16.6 Å². The predicted octanol–water partition coefficient (Wildman–Crippen LogP) is 3.57. The van der Waals surface area contributed by atoms with Crippen LogP contribution in [-0.2, 0) is 9.53 Å². The maximum Gasteiger partial charge on any atom is 0.343 e. The SMILES string of the molecule is CCOC(=O)/C(C=NC1CC1)=C(/O)c1cc(F)c(F)c(OCC)c1F. The minimum atomic E-state index is -1.51. The van der Waals surface area contributed by atoms with Gasteiger partial charge in [0.1, 0.15) is 11.3 Å². The molecule has 0 heterocycles. The normalized spacial score (nSPS) is 15.2. The quantitative estimate of drug-likeness (QED) is 0.266. The summed E-state index contributed by atoms with van der Waals surface area (Å²) in [6.07, 6.45) is 2.73. The fourth-order valence-electron chi connectivity index (χ4n) is 1.99. The Morgan fingerprint density at radius 3 is 2.52 bits per heavy atom. The second kappa shape index (κ2) is 8.04. The van der Waals surface area contributed by atoms with Crippen molar-refractivity contribution in [3.63, 3.8) is 0 Å². The molecule has 8 heteroatoms. The van der Waals surface area contributed by atoms with Crippen LogP contribution < -0.4 is 4.74 Å². The number of nitrogens with zero attached hydrogens (tertiary/aromatic N) is 1. The van der Waals surface area contributed by atoms with Gasteiger partial charge in [0.2, 0.25) is 5.82 Å². The van der Waals surface area contributed by atoms with E-state index in [-0.39, 0.29) is 19.3 Å². The molecule has 0 bridgehead atoms. The van der Waals surface area contributed by atoms with Crippen LogP contribution in [0.4, 0.5) is 13.2 Å². The zero-order valence-electron chi connectivity index (χ0n) is 13.8. The summed E-state index contributed by atoms with van der Waals surface area (Å²) >= 11 is 0. The molecular weight excluding hydrogens is 339 g/mol. The van der Waals surface area contributed by atoms with Crippen LogP contribution in [0.2, 0.25) is 0 Å². The number of aliphatic hydroxyl groups is 1. The van der Waals surface area contributed by atoms with Crippen molar-refractivity contribution in [3.05, 3.63) is 34.7 Å². The second-order valence-electron chi connectivity index (χ2n) is 5.29. The molecule has 5 nitrogen and oxygen atoms in total. The molecule has 1 aliphatic carbocycles. The first kappa shape index (κ1) is 18.8. The molecule has 1 fully saturated rings. The lowest BCUT2D eigenvalue weighted by Crippen LogP contribution is -2.13. The first-order valence-corrected chi connectivity index (χ1v) is 7.84. The van der Waals surface area contributed by atoms with Crippen molar-refractivity contribution in [2.75, 3.05) is 13.2 Å². The lowest BCUT2D eigenvalue weighted by Gasteiger charge is -2.12. The number of halogens is 3. The van der Waals surface area contributed by atoms with Crippen LogP contribution in [0.3, 0.4) is 0 Å². The molecule has 1 N–H and O–H groups in total. The van der Waals surface area contributed by atoms with E-state index >= 15 is 0 Å². The third-order valence-electron chi connectivity index (χ3n) is 3.37. The average molecular weight is 357 g/mol. The van der Waals surface area contributed by atoms with Gasteiger partial charge in [-0.3, -0.25) is 4.99 Å². The summed E-state index contributed by atoms with van der Waals surface area (Å²) in [4.78, 5) is 16.1. The van der Waals surface area contributed by atoms with E-state index in [1.54, 1.807) is 6.92 Å². The number of carbonyl (C=O) groups is 1. The topological polar surface area (TPSA) is 68.1 Å². The van der Waals surface area contributed by atoms with E-state index < -0.39 is 46.1 Å². The third-order valence-corrected chi connectivity index (χ3v) is 3.37. The average Bonchev–Trinajstić information content (AvgIpc) is 3.39. The first-order chi connectivity index (χ1) is 11.9. The molecule has 0 saturated heterocycles. The summed E-state index contributed by atoms with van der Waals surface area (Å²) in [6, 6.07) is 0.471. The summed E-state index contributed by atoms with van der Waals surface area (Å²) < 4.78 is 51.4. The first-order valence-electron chi connectivity index (χ1n) is 7.84. The minimum Gasteiger partial charge on any atom is -0.506 e. The molecule has 0 aliphatic heterocycles. The number of carbonyl (C=O) groups excluding carboxylic acids is 1. The van der Waals surface area contributed by atoms with Crippen molar-refractivity contribution in [1.29, 1.82) is 0 Å². The Bertz CT molecular complexity index is 727. The van der Waals surface area contributed by atoms with Gasteiger partial charge in [-0.25, -0.2) is 13.6 Å². The van der Waals surface area contributed by atoms with Crippen molar-refractivity contribution < 1.29 is 32.5 Å². The van der Waals surface area contributed by atoms with Gasteiger partial charge in [-0.2, -0.15) is 4.39 Å². The number of hydrogen-bond acceptors (Lipinski definition) is 5. The Morgan fingerprint density at radius 2 is 1.96 bits per heavy atom. The molecule has 0 aromatic heterocycles. The van der Waals surface area contributed by atoms with Crippen molar-refractivity contribution in [1.82, 2.24) is 0 Å². The van der Waals surface area contributed by atoms with Gasteiger partial charge >= 0.3 is 5.97 Å². The molecule has 25 heavy (non-hydrogen) atoms. The predicted molar refractivity (Wildman–Crippen MR) is 85.2 cm³/mol. The van der Waals surface area contributed by atoms with Crippen molar-refractivity contribution in [3.8, 4) is 5.75 Å². The van der Waals surface area contributed by atoms with E-state index in [0.717, 1.165) is 19.1 Å². The maximum absolute atomic E-state index is 14.4. The summed E-state index contributed by atoms with van der Waals surface area (Å²) in [7, 11) is 0. The minimum absolute atomic E-state index is 0.0112. The number of rotatable bonds is 7. The van der Waals surface area contributed by atoms with Gasteiger partial charge in [0.15, 0.2) is 17.4 Å². The number of benzene rings is 1. The summed E-state index contributed by atoms with van der Waals surface area (Å²) in [6.45, 7) is 2.91. The van der Waals surface area contributed by atoms with E-state index in [0.29, 0.717) is 6.07 Å². The van der Waals surface area contributed by atoms with Crippen LogP contribution in [-0.4, -0.2) is 36.5 Å². The Kier molecular flexibility index (Phi) is 6.06. The van der Waals surface area contributed by atoms with E-state index in [9.17, 15) is 23.1 Å². The van der Waals surface area contributed by atoms with Gasteiger partial charge in [0.25, 0.3) is 0 Å². The lowest BCUT2D eigenvalue weighted by molar-refractivity contribution is -0.137. The van der Waals surface area contributed by atoms with Crippen LogP contribution in [0, 0.1) is 17.5 Å². The Morgan fingerprint density at radius 1 is 1.28 bits per heavy atom. The molecule has 0 unspecified atom stereocenters. The van der Waals surface area contributed by atoms with Crippen LogP contribution >= 0.6 is 0 Å². The van der Waals surface area contributed by atoms with Gasteiger partial charge < -0.3 is 14.6 Å². The molecule has 0 spiro atoms. The Balaban J connectivity index is 2.57. The van der Waals surface area contributed by atoms with Crippen LogP contribution in [0.5, 0.6) is 5.75 Å². The molecule has 2 rings (SSSR count). The zero-order chi connectivity index (χ0) is 18.6. The summed E-state index contributed by atoms with van der Waals surface area (Å²) in [5.74, 6) is -7.08. The number of ether oxygens (including phenoxy) is 2. The highest BCUT2D eigenvalue weighted by Crippen LogP contribution is 2.32. The molecular formula is C17H18F3NO4. The largest absolute Gasteiger partial charge is 0.506 e. The fourth-order valence-corrected chi connectivity index (χ4v) is 1.99. The van der Waals surface area contributed by atoms with Gasteiger partial charge in [0, 0.05) is 6.21 Å². The smallest absolute Gasteiger partial charge is 0.343 e. The van der Waals surface area contributed by atoms with E-state index in [1.807, 2.05) is 0 Å². The van der Waals surface area contributed by atoms with Crippen molar-refractivity contribution in [2.24, 2.45) is 4.99 Å². The molecule has 1 saturated carbocycles. The zero-order valence-corrected chi connectivity index (χ0v) is 13.8. The number of esters is 1. The standard InChI is InChI=1S/C17H18F3NO4/c1-3-24-16-13(19)10(7-12(18)14(16)20)15(22)11(17(23)25-4-2)8-21-9-5-6-9/h7-9,22H,3-6H2,1-2H3/b15-11+,21-8?. The van der Waals surface area contributed by atoms with E-state index in [4.69, 9.17) is 9.47 Å². The Hall–Kier alpha value is -2.51. The Labute approximate surface area is 142 Å². The summed E-state index contributed by atoms with van der Waals surface area (Å²) in [5, 5.41) is 10.3. The molecule has 0 radical (unpaired) electrons. The monoisotopic (exact) mass is 357 g/mol. The molecule has 1 aromatic carbocycles. The molecule has 136 valence electrons. The fraction of sp³-hybridized carbons (Fsp3) is 0.412. The maximum atomic E-state index is 14.4. The molecule has 0 amide bonds. The van der Waals surface area contributed by atoms with Crippen LogP contribution in [0.25, 0.3) is 5.76 Å². The third kappa shape index (κ3) is 4.32. The second-order valence-corrected chi connectivity index (χ2v) is 5.29. The van der Waals surface area contributed by atoms with Crippen molar-refractivity contribution in [2.45, 2.75) is 32.7 Å². The highest BCUT2D eigenvalue weighted by Gasteiger charge is 2.26. The van der Waals surface area contributed by atoms with Gasteiger partial charge in [0.05, 0.1) is 24.8 Å². The number of aliphatic imine (C=N–C) groups is 1. The lowest BCUT2D eigenvalue weighted by atomic mass is 10.1. The highest BCUT2D eigenvalue weighted by molar-refractivity contribution is 6.15. The van der Waals surface area contributed by atoms with Gasteiger partial charge in [-0.1, -0.05) is 0 Å². The van der Waals surface area contributed by atoms with Crippen LogP contribution in [0.1, 0.15) is 32.3 Å². The molecule has 1 aromatic rings.